The second-order valence-corrected chi connectivity index (χ2v) is 4.02. The molecule has 0 aliphatic rings. The highest BCUT2D eigenvalue weighted by molar-refractivity contribution is 5.78. The van der Waals surface area contributed by atoms with Crippen molar-refractivity contribution in [2.75, 3.05) is 0 Å². The summed E-state index contributed by atoms with van der Waals surface area (Å²) in [6, 6.07) is 19.8. The van der Waals surface area contributed by atoms with E-state index in [2.05, 4.69) is 10.2 Å². The normalized spacial score (nSPS) is 10.4. The molecule has 0 spiro atoms. The van der Waals surface area contributed by atoms with Gasteiger partial charge in [0, 0.05) is 11.5 Å². The van der Waals surface area contributed by atoms with Crippen LogP contribution in [0.3, 0.4) is 0 Å². The lowest BCUT2D eigenvalue weighted by atomic mass is 10.2. The van der Waals surface area contributed by atoms with E-state index in [9.17, 15) is 0 Å². The highest BCUT2D eigenvalue weighted by Crippen LogP contribution is 2.16. The highest BCUT2D eigenvalue weighted by atomic mass is 16.5. The third-order valence-corrected chi connectivity index (χ3v) is 2.70. The molecule has 18 heavy (non-hydrogen) atoms. The first-order valence-corrected chi connectivity index (χ1v) is 5.81. The molecule has 0 fully saturated rings. The Morgan fingerprint density at radius 2 is 1.61 bits per heavy atom. The molecular weight excluding hydrogens is 224 g/mol. The first kappa shape index (κ1) is 10.7. The molecule has 3 rings (SSSR count). The first-order valence-electron chi connectivity index (χ1n) is 5.81. The van der Waals surface area contributed by atoms with Crippen molar-refractivity contribution in [1.29, 1.82) is 0 Å². The fraction of sp³-hybridized carbons (Fsp3) is 0.0667. The largest absolute Gasteiger partial charge is 0.472 e. The third kappa shape index (κ3) is 2.30. The van der Waals surface area contributed by atoms with Gasteiger partial charge < -0.3 is 4.74 Å². The Labute approximate surface area is 105 Å². The fourth-order valence-electron chi connectivity index (χ4n) is 1.77. The molecule has 0 unspecified atom stereocenters. The molecule has 3 heteroatoms. The van der Waals surface area contributed by atoms with Crippen molar-refractivity contribution in [2.24, 2.45) is 0 Å². The van der Waals surface area contributed by atoms with E-state index in [0.717, 1.165) is 16.5 Å². The molecular formula is C15H12N2O. The summed E-state index contributed by atoms with van der Waals surface area (Å²) in [5.41, 5.74) is 2.00. The predicted molar refractivity (Wildman–Crippen MR) is 70.3 cm³/mol. The average Bonchev–Trinajstić information content (AvgIpc) is 2.46. The maximum atomic E-state index is 5.63. The van der Waals surface area contributed by atoms with Crippen LogP contribution in [0.4, 0.5) is 0 Å². The number of nitrogens with zero attached hydrogens (tertiary/aromatic N) is 2. The second-order valence-electron chi connectivity index (χ2n) is 4.02. The van der Waals surface area contributed by atoms with Crippen LogP contribution in [0, 0.1) is 0 Å². The lowest BCUT2D eigenvalue weighted by molar-refractivity contribution is 0.291. The molecule has 1 aromatic heterocycles. The summed E-state index contributed by atoms with van der Waals surface area (Å²) in [6.07, 6.45) is 0. The maximum absolute atomic E-state index is 5.63. The number of ether oxygens (including phenoxy) is 1. The molecule has 0 saturated carbocycles. The molecule has 0 aliphatic carbocycles. The van der Waals surface area contributed by atoms with Gasteiger partial charge in [-0.2, -0.15) is 0 Å². The number of fused-ring (bicyclic) bond motifs is 1. The van der Waals surface area contributed by atoms with Crippen LogP contribution in [0.1, 0.15) is 5.56 Å². The summed E-state index contributed by atoms with van der Waals surface area (Å²) in [5.74, 6) is 0.553. The van der Waals surface area contributed by atoms with Gasteiger partial charge in [0.15, 0.2) is 0 Å². The van der Waals surface area contributed by atoms with Crippen LogP contribution in [0.2, 0.25) is 0 Å². The van der Waals surface area contributed by atoms with E-state index in [1.807, 2.05) is 60.7 Å². The van der Waals surface area contributed by atoms with Crippen LogP contribution in [-0.4, -0.2) is 10.2 Å². The van der Waals surface area contributed by atoms with Crippen LogP contribution >= 0.6 is 0 Å². The minimum atomic E-state index is 0.508. The molecule has 0 N–H and O–H groups in total. The van der Waals surface area contributed by atoms with Crippen molar-refractivity contribution in [3.8, 4) is 5.88 Å². The van der Waals surface area contributed by atoms with Crippen LogP contribution in [0.15, 0.2) is 60.7 Å². The standard InChI is InChI=1S/C15H12N2O/c1-2-6-12(7-3-1)11-18-15-10-13-8-4-5-9-14(13)16-17-15/h1-10H,11H2. The zero-order chi connectivity index (χ0) is 12.2. The van der Waals surface area contributed by atoms with Crippen molar-refractivity contribution in [3.05, 3.63) is 66.2 Å². The lowest BCUT2D eigenvalue weighted by Crippen LogP contribution is -1.98. The zero-order valence-corrected chi connectivity index (χ0v) is 9.78. The van der Waals surface area contributed by atoms with Gasteiger partial charge in [0.2, 0.25) is 5.88 Å². The van der Waals surface area contributed by atoms with Crippen molar-refractivity contribution in [3.63, 3.8) is 0 Å². The Morgan fingerprint density at radius 1 is 0.833 bits per heavy atom. The van der Waals surface area contributed by atoms with Crippen LogP contribution in [-0.2, 0) is 6.61 Å². The summed E-state index contributed by atoms with van der Waals surface area (Å²) in [5, 5.41) is 9.21. The summed E-state index contributed by atoms with van der Waals surface area (Å²) in [7, 11) is 0. The van der Waals surface area contributed by atoms with E-state index in [4.69, 9.17) is 4.74 Å². The molecule has 3 nitrogen and oxygen atoms in total. The second kappa shape index (κ2) is 4.84. The van der Waals surface area contributed by atoms with Gasteiger partial charge in [0.25, 0.3) is 0 Å². The number of rotatable bonds is 3. The average molecular weight is 236 g/mol. The van der Waals surface area contributed by atoms with Crippen molar-refractivity contribution in [1.82, 2.24) is 10.2 Å². The Morgan fingerprint density at radius 3 is 2.50 bits per heavy atom. The third-order valence-electron chi connectivity index (χ3n) is 2.70. The Balaban J connectivity index is 1.79. The van der Waals surface area contributed by atoms with Gasteiger partial charge >= 0.3 is 0 Å². The molecule has 3 aromatic rings. The van der Waals surface area contributed by atoms with Crippen LogP contribution in [0.25, 0.3) is 10.9 Å². The summed E-state index contributed by atoms with van der Waals surface area (Å²) in [4.78, 5) is 0. The van der Waals surface area contributed by atoms with Gasteiger partial charge in [-0.3, -0.25) is 0 Å². The monoisotopic (exact) mass is 236 g/mol. The SMILES string of the molecule is c1ccc(COc2cc3ccccc3nn2)cc1. The summed E-state index contributed by atoms with van der Waals surface area (Å²) < 4.78 is 5.63. The van der Waals surface area contributed by atoms with Gasteiger partial charge in [-0.15, -0.1) is 10.2 Å². The molecule has 0 aliphatic heterocycles. The highest BCUT2D eigenvalue weighted by Gasteiger charge is 2.00. The molecule has 0 saturated heterocycles. The van der Waals surface area contributed by atoms with Crippen molar-refractivity contribution in [2.45, 2.75) is 6.61 Å². The molecule has 0 bridgehead atoms. The Hall–Kier alpha value is -2.42. The molecule has 0 atom stereocenters. The summed E-state index contributed by atoms with van der Waals surface area (Å²) in [6.45, 7) is 0.508. The van der Waals surface area contributed by atoms with E-state index in [1.165, 1.54) is 0 Å². The fourth-order valence-corrected chi connectivity index (χ4v) is 1.77. The minimum absolute atomic E-state index is 0.508. The summed E-state index contributed by atoms with van der Waals surface area (Å²) >= 11 is 0. The van der Waals surface area contributed by atoms with Gasteiger partial charge in [-0.25, -0.2) is 0 Å². The number of hydrogen-bond donors (Lipinski definition) is 0. The van der Waals surface area contributed by atoms with E-state index in [1.54, 1.807) is 0 Å². The van der Waals surface area contributed by atoms with Crippen LogP contribution in [0.5, 0.6) is 5.88 Å². The van der Waals surface area contributed by atoms with Gasteiger partial charge in [-0.1, -0.05) is 48.5 Å². The Kier molecular flexibility index (Phi) is 2.88. The molecule has 0 amide bonds. The van der Waals surface area contributed by atoms with Gasteiger partial charge in [0.05, 0.1) is 5.52 Å². The van der Waals surface area contributed by atoms with Gasteiger partial charge in [-0.05, 0) is 11.6 Å². The van der Waals surface area contributed by atoms with Crippen molar-refractivity contribution >= 4 is 10.9 Å². The van der Waals surface area contributed by atoms with E-state index in [0.29, 0.717) is 12.5 Å². The van der Waals surface area contributed by atoms with E-state index in [-0.39, 0.29) is 0 Å². The van der Waals surface area contributed by atoms with Crippen molar-refractivity contribution < 1.29 is 4.74 Å². The number of hydrogen-bond acceptors (Lipinski definition) is 3. The number of benzene rings is 2. The van der Waals surface area contributed by atoms with Gasteiger partial charge in [0.1, 0.15) is 6.61 Å². The maximum Gasteiger partial charge on any atom is 0.234 e. The van der Waals surface area contributed by atoms with Crippen LogP contribution < -0.4 is 4.74 Å². The minimum Gasteiger partial charge on any atom is -0.472 e. The van der Waals surface area contributed by atoms with E-state index >= 15 is 0 Å². The molecule has 1 heterocycles. The zero-order valence-electron chi connectivity index (χ0n) is 9.78. The predicted octanol–water partition coefficient (Wildman–Crippen LogP) is 3.21. The quantitative estimate of drug-likeness (QED) is 0.700. The molecule has 0 radical (unpaired) electrons. The number of aromatic nitrogens is 2. The molecule has 2 aromatic carbocycles. The molecule has 88 valence electrons. The Bertz CT molecular complexity index is 653. The first-order chi connectivity index (χ1) is 8.92. The van der Waals surface area contributed by atoms with E-state index < -0.39 is 0 Å². The topological polar surface area (TPSA) is 35.0 Å². The lowest BCUT2D eigenvalue weighted by Gasteiger charge is -2.05. The smallest absolute Gasteiger partial charge is 0.234 e.